The normalized spacial score (nSPS) is 11.9. The molecule has 0 radical (unpaired) electrons. The molecule has 0 aliphatic rings. The van der Waals surface area contributed by atoms with Crippen LogP contribution >= 0.6 is 0 Å². The van der Waals surface area contributed by atoms with E-state index in [1.165, 1.54) is 5.56 Å². The molecule has 0 saturated carbocycles. The molecule has 0 aliphatic carbocycles. The quantitative estimate of drug-likeness (QED) is 0.519. The second kappa shape index (κ2) is 9.41. The highest BCUT2D eigenvalue weighted by atomic mass is 16.5. The Hall–Kier alpha value is -3.08. The first kappa shape index (κ1) is 20.6. The second-order valence-electron chi connectivity index (χ2n) is 7.21. The summed E-state index contributed by atoms with van der Waals surface area (Å²) in [6, 6.07) is 13.3. The van der Waals surface area contributed by atoms with Gasteiger partial charge in [-0.2, -0.15) is 0 Å². The molecule has 1 atom stereocenters. The van der Waals surface area contributed by atoms with Gasteiger partial charge in [-0.1, -0.05) is 19.4 Å². The third-order valence-electron chi connectivity index (χ3n) is 4.91. The maximum atomic E-state index is 12.7. The molecule has 0 saturated heterocycles. The fourth-order valence-electron chi connectivity index (χ4n) is 2.98. The number of nitrogens with zero attached hydrogens (tertiary/aromatic N) is 1. The number of hydrogen-bond acceptors (Lipinski definition) is 4. The van der Waals surface area contributed by atoms with Gasteiger partial charge in [0, 0.05) is 11.6 Å². The molecular weight excluding hydrogens is 364 g/mol. The molecular formula is C24H28N2O3. The molecule has 0 spiro atoms. The van der Waals surface area contributed by atoms with Crippen molar-refractivity contribution in [3.63, 3.8) is 0 Å². The number of pyridine rings is 1. The summed E-state index contributed by atoms with van der Waals surface area (Å²) in [4.78, 5) is 17.2. The number of hydrogen-bond donors (Lipinski definition) is 1. The summed E-state index contributed by atoms with van der Waals surface area (Å²) in [5.41, 5.74) is 3.75. The minimum absolute atomic E-state index is 0.215. The monoisotopic (exact) mass is 392 g/mol. The van der Waals surface area contributed by atoms with E-state index in [4.69, 9.17) is 9.47 Å². The van der Waals surface area contributed by atoms with Crippen LogP contribution in [0.25, 0.3) is 10.9 Å². The van der Waals surface area contributed by atoms with Crippen LogP contribution in [0, 0.1) is 13.8 Å². The summed E-state index contributed by atoms with van der Waals surface area (Å²) >= 11 is 0. The predicted molar refractivity (Wildman–Crippen MR) is 117 cm³/mol. The summed E-state index contributed by atoms with van der Waals surface area (Å²) in [5.74, 6) is 1.20. The minimum Gasteiger partial charge on any atom is -0.491 e. The fraction of sp³-hybridized carbons (Fsp3) is 0.333. The number of benzene rings is 2. The predicted octanol–water partition coefficient (Wildman–Crippen LogP) is 5.44. The first-order valence-electron chi connectivity index (χ1n) is 10.0. The van der Waals surface area contributed by atoms with Gasteiger partial charge in [0.1, 0.15) is 17.0 Å². The van der Waals surface area contributed by atoms with Crippen LogP contribution in [0.1, 0.15) is 37.8 Å². The van der Waals surface area contributed by atoms with Gasteiger partial charge in [0.2, 0.25) is 0 Å². The number of fused-ring (bicyclic) bond motifs is 1. The van der Waals surface area contributed by atoms with Crippen molar-refractivity contribution in [2.24, 2.45) is 0 Å². The van der Waals surface area contributed by atoms with Crippen LogP contribution in [0.4, 0.5) is 5.69 Å². The Bertz CT molecular complexity index is 1000. The lowest BCUT2D eigenvalue weighted by atomic mass is 10.1. The molecule has 2 aromatic carbocycles. The number of unbranched alkanes of at least 4 members (excludes halogenated alkanes) is 1. The molecule has 0 aliphatic heterocycles. The van der Waals surface area contributed by atoms with Gasteiger partial charge in [0.05, 0.1) is 12.3 Å². The number of ether oxygens (including phenoxy) is 2. The van der Waals surface area contributed by atoms with Crippen molar-refractivity contribution in [3.05, 3.63) is 59.8 Å². The number of anilines is 1. The molecule has 0 fully saturated rings. The van der Waals surface area contributed by atoms with Crippen molar-refractivity contribution in [2.75, 3.05) is 11.9 Å². The highest BCUT2D eigenvalue weighted by Crippen LogP contribution is 2.30. The lowest BCUT2D eigenvalue weighted by molar-refractivity contribution is -0.122. The molecule has 5 nitrogen and oxygen atoms in total. The summed E-state index contributed by atoms with van der Waals surface area (Å²) in [7, 11) is 0. The van der Waals surface area contributed by atoms with Crippen LogP contribution in [-0.4, -0.2) is 23.6 Å². The number of aromatic nitrogens is 1. The van der Waals surface area contributed by atoms with Gasteiger partial charge in [0.25, 0.3) is 5.91 Å². The van der Waals surface area contributed by atoms with Gasteiger partial charge in [-0.25, -0.2) is 0 Å². The number of carbonyl (C=O) groups excluding carboxylic acids is 1. The first-order chi connectivity index (χ1) is 14.0. The maximum Gasteiger partial charge on any atom is 0.265 e. The van der Waals surface area contributed by atoms with E-state index in [1.807, 2.05) is 56.3 Å². The Labute approximate surface area is 172 Å². The van der Waals surface area contributed by atoms with E-state index in [0.29, 0.717) is 18.0 Å². The average Bonchev–Trinajstić information content (AvgIpc) is 2.72. The van der Waals surface area contributed by atoms with Crippen LogP contribution < -0.4 is 14.8 Å². The highest BCUT2D eigenvalue weighted by Gasteiger charge is 2.17. The van der Waals surface area contributed by atoms with Crippen LogP contribution in [0.2, 0.25) is 0 Å². The second-order valence-corrected chi connectivity index (χ2v) is 7.21. The van der Waals surface area contributed by atoms with Crippen molar-refractivity contribution >= 4 is 22.5 Å². The number of rotatable bonds is 8. The van der Waals surface area contributed by atoms with E-state index in [2.05, 4.69) is 17.2 Å². The van der Waals surface area contributed by atoms with Crippen LogP contribution in [0.5, 0.6) is 11.5 Å². The van der Waals surface area contributed by atoms with Crippen molar-refractivity contribution in [1.29, 1.82) is 0 Å². The zero-order chi connectivity index (χ0) is 20.8. The average molecular weight is 392 g/mol. The Kier molecular flexibility index (Phi) is 6.70. The van der Waals surface area contributed by atoms with Crippen molar-refractivity contribution < 1.29 is 14.3 Å². The summed E-state index contributed by atoms with van der Waals surface area (Å²) in [6.45, 7) is 8.58. The van der Waals surface area contributed by atoms with Gasteiger partial charge in [-0.05, 0) is 74.7 Å². The van der Waals surface area contributed by atoms with Crippen molar-refractivity contribution in [2.45, 2.75) is 46.6 Å². The molecule has 1 heterocycles. The molecule has 5 heteroatoms. The van der Waals surface area contributed by atoms with Crippen molar-refractivity contribution in [3.8, 4) is 11.5 Å². The van der Waals surface area contributed by atoms with Crippen LogP contribution in [0.15, 0.2) is 48.7 Å². The summed E-state index contributed by atoms with van der Waals surface area (Å²) in [5, 5.41) is 3.81. The van der Waals surface area contributed by atoms with E-state index in [0.717, 1.165) is 35.1 Å². The molecule has 3 rings (SSSR count). The van der Waals surface area contributed by atoms with Gasteiger partial charge >= 0.3 is 0 Å². The molecule has 1 N–H and O–H groups in total. The zero-order valence-electron chi connectivity index (χ0n) is 17.5. The van der Waals surface area contributed by atoms with Gasteiger partial charge in [-0.3, -0.25) is 9.78 Å². The highest BCUT2D eigenvalue weighted by molar-refractivity contribution is 6.04. The molecule has 152 valence electrons. The molecule has 3 aromatic rings. The molecule has 29 heavy (non-hydrogen) atoms. The SMILES string of the molecule is CCCCOc1ccc(NC(=O)[C@H](C)Oc2ccc(C)c(C)c2)c2cccnc12. The zero-order valence-corrected chi connectivity index (χ0v) is 17.5. The first-order valence-corrected chi connectivity index (χ1v) is 10.0. The van der Waals surface area contributed by atoms with Crippen LogP contribution in [0.3, 0.4) is 0 Å². The van der Waals surface area contributed by atoms with Gasteiger partial charge in [0.15, 0.2) is 6.10 Å². The van der Waals surface area contributed by atoms with Crippen LogP contribution in [-0.2, 0) is 4.79 Å². The molecule has 1 amide bonds. The number of carbonyl (C=O) groups is 1. The number of amides is 1. The Morgan fingerprint density at radius 2 is 1.97 bits per heavy atom. The number of nitrogens with one attached hydrogen (secondary N) is 1. The Morgan fingerprint density at radius 3 is 2.72 bits per heavy atom. The molecule has 1 aromatic heterocycles. The van der Waals surface area contributed by atoms with Crippen molar-refractivity contribution in [1.82, 2.24) is 4.98 Å². The van der Waals surface area contributed by atoms with Gasteiger partial charge < -0.3 is 14.8 Å². The molecule has 0 bridgehead atoms. The third-order valence-corrected chi connectivity index (χ3v) is 4.91. The Morgan fingerprint density at radius 1 is 1.14 bits per heavy atom. The van der Waals surface area contributed by atoms with Gasteiger partial charge in [-0.15, -0.1) is 0 Å². The lowest BCUT2D eigenvalue weighted by Crippen LogP contribution is -2.30. The van der Waals surface area contributed by atoms with E-state index < -0.39 is 6.10 Å². The number of aryl methyl sites for hydroxylation is 2. The molecule has 0 unspecified atom stereocenters. The van der Waals surface area contributed by atoms with E-state index >= 15 is 0 Å². The largest absolute Gasteiger partial charge is 0.491 e. The topological polar surface area (TPSA) is 60.5 Å². The van der Waals surface area contributed by atoms with E-state index in [9.17, 15) is 4.79 Å². The fourth-order valence-corrected chi connectivity index (χ4v) is 2.98. The smallest absolute Gasteiger partial charge is 0.265 e. The lowest BCUT2D eigenvalue weighted by Gasteiger charge is -2.17. The maximum absolute atomic E-state index is 12.7. The Balaban J connectivity index is 1.75. The summed E-state index contributed by atoms with van der Waals surface area (Å²) in [6.07, 6.45) is 3.15. The summed E-state index contributed by atoms with van der Waals surface area (Å²) < 4.78 is 11.7. The van der Waals surface area contributed by atoms with E-state index in [-0.39, 0.29) is 5.91 Å². The third kappa shape index (κ3) is 5.05. The van der Waals surface area contributed by atoms with E-state index in [1.54, 1.807) is 13.1 Å². The minimum atomic E-state index is -0.635. The standard InChI is InChI=1S/C24H28N2O3/c1-5-6-14-28-22-12-11-21(20-8-7-13-25-23(20)22)26-24(27)18(4)29-19-10-9-16(2)17(3)15-19/h7-13,15,18H,5-6,14H2,1-4H3,(H,26,27)/t18-/m0/s1.